The van der Waals surface area contributed by atoms with Crippen molar-refractivity contribution < 1.29 is 9.57 Å². The molecule has 14 heavy (non-hydrogen) atoms. The molecule has 0 aromatic heterocycles. The second-order valence-electron chi connectivity index (χ2n) is 4.33. The first-order valence-electron chi connectivity index (χ1n) is 5.66. The lowest BCUT2D eigenvalue weighted by molar-refractivity contribution is -0.00264. The lowest BCUT2D eigenvalue weighted by atomic mass is 9.82. The summed E-state index contributed by atoms with van der Waals surface area (Å²) in [6.45, 7) is 4.64. The number of rotatable bonds is 6. The molecular formula is C11H23NO2. The van der Waals surface area contributed by atoms with Crippen molar-refractivity contribution in [1.29, 1.82) is 0 Å². The summed E-state index contributed by atoms with van der Waals surface area (Å²) in [6.07, 6.45) is 5.48. The van der Waals surface area contributed by atoms with E-state index in [1.165, 1.54) is 25.7 Å². The minimum absolute atomic E-state index is 0.638. The van der Waals surface area contributed by atoms with Gasteiger partial charge in [-0.3, -0.25) is 4.84 Å². The van der Waals surface area contributed by atoms with Gasteiger partial charge in [-0.15, -0.1) is 0 Å². The van der Waals surface area contributed by atoms with Gasteiger partial charge < -0.3 is 4.74 Å². The molecule has 0 spiro atoms. The fourth-order valence-corrected chi connectivity index (χ4v) is 2.12. The monoisotopic (exact) mass is 201 g/mol. The van der Waals surface area contributed by atoms with Crippen LogP contribution >= 0.6 is 0 Å². The van der Waals surface area contributed by atoms with Crippen molar-refractivity contribution in [3.8, 4) is 0 Å². The lowest BCUT2D eigenvalue weighted by Gasteiger charge is -2.26. The summed E-state index contributed by atoms with van der Waals surface area (Å²) in [5, 5.41) is 0. The quantitative estimate of drug-likeness (QED) is 0.526. The molecule has 0 radical (unpaired) electrons. The fourth-order valence-electron chi connectivity index (χ4n) is 2.12. The van der Waals surface area contributed by atoms with E-state index in [-0.39, 0.29) is 0 Å². The highest BCUT2D eigenvalue weighted by Crippen LogP contribution is 2.27. The molecule has 3 heteroatoms. The molecule has 84 valence electrons. The Balaban J connectivity index is 1.95. The van der Waals surface area contributed by atoms with Crippen LogP contribution in [0, 0.1) is 11.8 Å². The maximum absolute atomic E-state index is 5.24. The average Bonchev–Trinajstić information content (AvgIpc) is 2.18. The normalized spacial score (nSPS) is 27.9. The van der Waals surface area contributed by atoms with Gasteiger partial charge in [0.1, 0.15) is 0 Å². The van der Waals surface area contributed by atoms with Crippen LogP contribution in [0.25, 0.3) is 0 Å². The van der Waals surface area contributed by atoms with E-state index in [1.54, 1.807) is 7.11 Å². The van der Waals surface area contributed by atoms with Crippen molar-refractivity contribution in [1.82, 2.24) is 5.48 Å². The highest BCUT2D eigenvalue weighted by Gasteiger charge is 2.18. The second kappa shape index (κ2) is 7.21. The molecule has 1 aliphatic rings. The van der Waals surface area contributed by atoms with Crippen LogP contribution in [0.5, 0.6) is 0 Å². The van der Waals surface area contributed by atoms with Gasteiger partial charge in [-0.2, -0.15) is 0 Å². The number of methoxy groups -OCH3 is 1. The molecule has 2 unspecified atom stereocenters. The van der Waals surface area contributed by atoms with Crippen molar-refractivity contribution in [3.63, 3.8) is 0 Å². The first kappa shape index (κ1) is 12.0. The molecule has 0 bridgehead atoms. The summed E-state index contributed by atoms with van der Waals surface area (Å²) < 4.78 is 4.89. The van der Waals surface area contributed by atoms with Gasteiger partial charge in [-0.1, -0.05) is 19.8 Å². The first-order valence-corrected chi connectivity index (χ1v) is 5.66. The minimum Gasteiger partial charge on any atom is -0.382 e. The summed E-state index contributed by atoms with van der Waals surface area (Å²) in [5.41, 5.74) is 3.03. The Kier molecular flexibility index (Phi) is 6.15. The van der Waals surface area contributed by atoms with E-state index in [4.69, 9.17) is 9.57 Å². The predicted octanol–water partition coefficient (Wildman–Crippen LogP) is 1.98. The zero-order valence-corrected chi connectivity index (χ0v) is 9.42. The van der Waals surface area contributed by atoms with Gasteiger partial charge in [0.25, 0.3) is 0 Å². The largest absolute Gasteiger partial charge is 0.382 e. The van der Waals surface area contributed by atoms with Crippen LogP contribution in [0.15, 0.2) is 0 Å². The number of hydrogen-bond acceptors (Lipinski definition) is 3. The molecule has 3 nitrogen and oxygen atoms in total. The van der Waals surface area contributed by atoms with Gasteiger partial charge >= 0.3 is 0 Å². The van der Waals surface area contributed by atoms with Crippen molar-refractivity contribution in [2.75, 3.05) is 26.9 Å². The van der Waals surface area contributed by atoms with E-state index in [9.17, 15) is 0 Å². The zero-order valence-electron chi connectivity index (χ0n) is 9.42. The standard InChI is InChI=1S/C11H23NO2/c1-10-4-3-5-11(8-10)9-12-14-7-6-13-2/h10-12H,3-9H2,1-2H3. The molecule has 2 atom stereocenters. The molecule has 1 N–H and O–H groups in total. The molecular weight excluding hydrogens is 178 g/mol. The van der Waals surface area contributed by atoms with E-state index < -0.39 is 0 Å². The second-order valence-corrected chi connectivity index (χ2v) is 4.33. The van der Waals surface area contributed by atoms with Crippen molar-refractivity contribution >= 4 is 0 Å². The van der Waals surface area contributed by atoms with Gasteiger partial charge in [0.05, 0.1) is 13.2 Å². The van der Waals surface area contributed by atoms with E-state index >= 15 is 0 Å². The van der Waals surface area contributed by atoms with E-state index in [0.717, 1.165) is 18.4 Å². The molecule has 0 heterocycles. The van der Waals surface area contributed by atoms with Crippen LogP contribution in [0.3, 0.4) is 0 Å². The van der Waals surface area contributed by atoms with Gasteiger partial charge in [0.2, 0.25) is 0 Å². The molecule has 1 rings (SSSR count). The summed E-state index contributed by atoms with van der Waals surface area (Å²) >= 11 is 0. The van der Waals surface area contributed by atoms with Gasteiger partial charge in [-0.05, 0) is 24.7 Å². The predicted molar refractivity (Wildman–Crippen MR) is 57.0 cm³/mol. The molecule has 0 aromatic carbocycles. The molecule has 1 saturated carbocycles. The van der Waals surface area contributed by atoms with Gasteiger partial charge in [0.15, 0.2) is 0 Å². The Morgan fingerprint density at radius 3 is 2.86 bits per heavy atom. The number of hydrogen-bond donors (Lipinski definition) is 1. The van der Waals surface area contributed by atoms with E-state index in [2.05, 4.69) is 12.4 Å². The smallest absolute Gasteiger partial charge is 0.0915 e. The Bertz CT molecular complexity index is 141. The Hall–Kier alpha value is -0.120. The maximum Gasteiger partial charge on any atom is 0.0915 e. The van der Waals surface area contributed by atoms with Crippen LogP contribution in [0.4, 0.5) is 0 Å². The minimum atomic E-state index is 0.638. The van der Waals surface area contributed by atoms with Gasteiger partial charge in [0, 0.05) is 13.7 Å². The average molecular weight is 201 g/mol. The topological polar surface area (TPSA) is 30.5 Å². The van der Waals surface area contributed by atoms with Crippen LogP contribution < -0.4 is 5.48 Å². The lowest BCUT2D eigenvalue weighted by Crippen LogP contribution is -2.27. The summed E-state index contributed by atoms with van der Waals surface area (Å²) in [6, 6.07) is 0. The summed E-state index contributed by atoms with van der Waals surface area (Å²) in [7, 11) is 1.69. The Morgan fingerprint density at radius 2 is 2.14 bits per heavy atom. The SMILES string of the molecule is COCCONCC1CCCC(C)C1. The van der Waals surface area contributed by atoms with Crippen LogP contribution in [-0.4, -0.2) is 26.9 Å². The summed E-state index contributed by atoms with van der Waals surface area (Å²) in [4.78, 5) is 5.24. The van der Waals surface area contributed by atoms with Crippen LogP contribution in [0.1, 0.15) is 32.6 Å². The van der Waals surface area contributed by atoms with Gasteiger partial charge in [-0.25, -0.2) is 5.48 Å². The van der Waals surface area contributed by atoms with E-state index in [1.807, 2.05) is 0 Å². The Labute approximate surface area is 87.1 Å². The molecule has 1 aliphatic carbocycles. The van der Waals surface area contributed by atoms with Crippen LogP contribution in [-0.2, 0) is 9.57 Å². The first-order chi connectivity index (χ1) is 6.83. The number of nitrogens with one attached hydrogen (secondary N) is 1. The molecule has 0 saturated heterocycles. The summed E-state index contributed by atoms with van der Waals surface area (Å²) in [5.74, 6) is 1.70. The molecule has 0 amide bonds. The Morgan fingerprint density at radius 1 is 1.29 bits per heavy atom. The number of hydroxylamine groups is 1. The molecule has 1 fully saturated rings. The third kappa shape index (κ3) is 4.94. The van der Waals surface area contributed by atoms with Crippen molar-refractivity contribution in [2.45, 2.75) is 32.6 Å². The van der Waals surface area contributed by atoms with Crippen molar-refractivity contribution in [3.05, 3.63) is 0 Å². The molecule has 0 aromatic rings. The highest BCUT2D eigenvalue weighted by molar-refractivity contribution is 4.70. The molecule has 0 aliphatic heterocycles. The maximum atomic E-state index is 5.24. The third-order valence-electron chi connectivity index (χ3n) is 2.91. The number of ether oxygens (including phenoxy) is 1. The van der Waals surface area contributed by atoms with Crippen molar-refractivity contribution in [2.24, 2.45) is 11.8 Å². The zero-order chi connectivity index (χ0) is 10.2. The fraction of sp³-hybridized carbons (Fsp3) is 1.00. The van der Waals surface area contributed by atoms with E-state index in [0.29, 0.717) is 13.2 Å². The third-order valence-corrected chi connectivity index (χ3v) is 2.91. The highest BCUT2D eigenvalue weighted by atomic mass is 16.7. The van der Waals surface area contributed by atoms with Crippen LogP contribution in [0.2, 0.25) is 0 Å².